The minimum Gasteiger partial charge on any atom is -0.367 e. The first kappa shape index (κ1) is 14.6. The van der Waals surface area contributed by atoms with E-state index in [2.05, 4.69) is 43.0 Å². The number of nitrogens with one attached hydrogen (secondary N) is 1. The molecule has 2 atom stereocenters. The third-order valence-electron chi connectivity index (χ3n) is 3.66. The SMILES string of the molecule is CCCC1CC1Nc1nc(C(C)(C)C)nc(Cl)c1C. The van der Waals surface area contributed by atoms with Crippen molar-refractivity contribution < 1.29 is 0 Å². The molecule has 4 heteroatoms. The van der Waals surface area contributed by atoms with E-state index in [1.54, 1.807) is 0 Å². The Bertz CT molecular complexity index is 465. The van der Waals surface area contributed by atoms with Gasteiger partial charge in [0.05, 0.1) is 0 Å². The van der Waals surface area contributed by atoms with Crippen LogP contribution in [-0.2, 0) is 5.41 Å². The molecule has 0 aromatic carbocycles. The van der Waals surface area contributed by atoms with E-state index in [4.69, 9.17) is 11.6 Å². The Morgan fingerprint density at radius 2 is 2.00 bits per heavy atom. The van der Waals surface area contributed by atoms with Gasteiger partial charge in [-0.3, -0.25) is 0 Å². The Balaban J connectivity index is 2.18. The summed E-state index contributed by atoms with van der Waals surface area (Å²) in [5, 5.41) is 4.10. The van der Waals surface area contributed by atoms with Crippen LogP contribution in [0.2, 0.25) is 5.15 Å². The van der Waals surface area contributed by atoms with E-state index in [0.29, 0.717) is 11.2 Å². The molecule has 0 amide bonds. The van der Waals surface area contributed by atoms with Gasteiger partial charge in [-0.25, -0.2) is 9.97 Å². The highest BCUT2D eigenvalue weighted by molar-refractivity contribution is 6.30. The highest BCUT2D eigenvalue weighted by Gasteiger charge is 2.36. The summed E-state index contributed by atoms with van der Waals surface area (Å²) < 4.78 is 0. The zero-order valence-electron chi connectivity index (χ0n) is 12.5. The van der Waals surface area contributed by atoms with Crippen molar-refractivity contribution in [1.82, 2.24) is 9.97 Å². The van der Waals surface area contributed by atoms with Gasteiger partial charge in [0.25, 0.3) is 0 Å². The molecule has 1 aliphatic carbocycles. The largest absolute Gasteiger partial charge is 0.367 e. The second-order valence-electron chi connectivity index (χ2n) is 6.60. The quantitative estimate of drug-likeness (QED) is 0.835. The number of hydrogen-bond donors (Lipinski definition) is 1. The van der Waals surface area contributed by atoms with Crippen molar-refractivity contribution in [2.24, 2.45) is 5.92 Å². The van der Waals surface area contributed by atoms with Crippen LogP contribution in [0.1, 0.15) is 58.3 Å². The smallest absolute Gasteiger partial charge is 0.137 e. The number of hydrogen-bond acceptors (Lipinski definition) is 3. The number of halogens is 1. The van der Waals surface area contributed by atoms with Crippen LogP contribution in [0.25, 0.3) is 0 Å². The fourth-order valence-corrected chi connectivity index (χ4v) is 2.42. The lowest BCUT2D eigenvalue weighted by molar-refractivity contribution is 0.545. The summed E-state index contributed by atoms with van der Waals surface area (Å²) in [6.45, 7) is 10.5. The number of anilines is 1. The lowest BCUT2D eigenvalue weighted by Gasteiger charge is -2.19. The van der Waals surface area contributed by atoms with Crippen molar-refractivity contribution in [2.75, 3.05) is 5.32 Å². The molecule has 1 aromatic rings. The van der Waals surface area contributed by atoms with Crippen LogP contribution in [0.15, 0.2) is 0 Å². The van der Waals surface area contributed by atoms with Gasteiger partial charge in [-0.15, -0.1) is 0 Å². The van der Waals surface area contributed by atoms with Crippen LogP contribution in [0, 0.1) is 12.8 Å². The first-order chi connectivity index (χ1) is 8.82. The Morgan fingerprint density at radius 1 is 1.32 bits per heavy atom. The predicted molar refractivity (Wildman–Crippen MR) is 80.9 cm³/mol. The second-order valence-corrected chi connectivity index (χ2v) is 6.95. The van der Waals surface area contributed by atoms with E-state index >= 15 is 0 Å². The van der Waals surface area contributed by atoms with Crippen LogP contribution < -0.4 is 5.32 Å². The maximum absolute atomic E-state index is 6.24. The Hall–Kier alpha value is -0.830. The predicted octanol–water partition coefficient (Wildman–Crippen LogP) is 4.34. The van der Waals surface area contributed by atoms with Crippen molar-refractivity contribution in [2.45, 2.75) is 65.3 Å². The summed E-state index contributed by atoms with van der Waals surface area (Å²) in [7, 11) is 0. The maximum atomic E-state index is 6.24. The van der Waals surface area contributed by atoms with Gasteiger partial charge in [0, 0.05) is 17.0 Å². The molecular weight excluding hydrogens is 258 g/mol. The monoisotopic (exact) mass is 281 g/mol. The molecule has 1 heterocycles. The molecule has 2 unspecified atom stereocenters. The number of nitrogens with zero attached hydrogens (tertiary/aromatic N) is 2. The van der Waals surface area contributed by atoms with Gasteiger partial charge in [0.15, 0.2) is 0 Å². The minimum absolute atomic E-state index is 0.0832. The highest BCUT2D eigenvalue weighted by atomic mass is 35.5. The highest BCUT2D eigenvalue weighted by Crippen LogP contribution is 2.38. The molecule has 0 saturated heterocycles. The minimum atomic E-state index is -0.0832. The Kier molecular flexibility index (Phi) is 4.05. The van der Waals surface area contributed by atoms with E-state index in [0.717, 1.165) is 23.1 Å². The Labute approximate surface area is 121 Å². The standard InChI is InChI=1S/C15H24ClN3/c1-6-7-10-8-11(10)17-13-9(2)12(16)18-14(19-13)15(3,4)5/h10-11H,6-8H2,1-5H3,(H,17,18,19). The maximum Gasteiger partial charge on any atom is 0.137 e. The molecule has 1 aliphatic rings. The summed E-state index contributed by atoms with van der Waals surface area (Å²) in [6, 6.07) is 0.567. The number of aromatic nitrogens is 2. The van der Waals surface area contributed by atoms with Crippen molar-refractivity contribution in [3.63, 3.8) is 0 Å². The van der Waals surface area contributed by atoms with Gasteiger partial charge >= 0.3 is 0 Å². The van der Waals surface area contributed by atoms with Crippen molar-refractivity contribution >= 4 is 17.4 Å². The summed E-state index contributed by atoms with van der Waals surface area (Å²) in [4.78, 5) is 9.07. The summed E-state index contributed by atoms with van der Waals surface area (Å²) in [5.74, 6) is 2.52. The molecule has 0 aliphatic heterocycles. The average molecular weight is 282 g/mol. The third kappa shape index (κ3) is 3.38. The van der Waals surface area contributed by atoms with E-state index < -0.39 is 0 Å². The molecule has 1 fully saturated rings. The molecule has 106 valence electrons. The molecule has 1 aromatic heterocycles. The first-order valence-electron chi connectivity index (χ1n) is 7.14. The van der Waals surface area contributed by atoms with Gasteiger partial charge < -0.3 is 5.32 Å². The molecule has 19 heavy (non-hydrogen) atoms. The number of rotatable bonds is 4. The average Bonchev–Trinajstić information content (AvgIpc) is 3.02. The summed E-state index contributed by atoms with van der Waals surface area (Å²) in [5.41, 5.74) is 0.872. The molecule has 1 N–H and O–H groups in total. The molecule has 1 saturated carbocycles. The van der Waals surface area contributed by atoms with Crippen LogP contribution in [0.3, 0.4) is 0 Å². The van der Waals surface area contributed by atoms with Crippen LogP contribution >= 0.6 is 11.6 Å². The molecule has 0 spiro atoms. The van der Waals surface area contributed by atoms with Crippen LogP contribution in [0.5, 0.6) is 0 Å². The summed E-state index contributed by atoms with van der Waals surface area (Å²) >= 11 is 6.24. The van der Waals surface area contributed by atoms with Crippen molar-refractivity contribution in [1.29, 1.82) is 0 Å². The van der Waals surface area contributed by atoms with Gasteiger partial charge in [0.1, 0.15) is 16.8 Å². The van der Waals surface area contributed by atoms with Crippen LogP contribution in [0.4, 0.5) is 5.82 Å². The lowest BCUT2D eigenvalue weighted by atomic mass is 9.95. The fraction of sp³-hybridized carbons (Fsp3) is 0.733. The molecule has 2 rings (SSSR count). The molecule has 0 radical (unpaired) electrons. The first-order valence-corrected chi connectivity index (χ1v) is 7.52. The van der Waals surface area contributed by atoms with Crippen LogP contribution in [-0.4, -0.2) is 16.0 Å². The van der Waals surface area contributed by atoms with E-state index in [1.807, 2.05) is 6.92 Å². The zero-order chi connectivity index (χ0) is 14.2. The normalized spacial score (nSPS) is 22.4. The van der Waals surface area contributed by atoms with Crippen molar-refractivity contribution in [3.05, 3.63) is 16.5 Å². The molecular formula is C15H24ClN3. The lowest BCUT2D eigenvalue weighted by Crippen LogP contribution is -2.19. The van der Waals surface area contributed by atoms with E-state index in [9.17, 15) is 0 Å². The van der Waals surface area contributed by atoms with E-state index in [-0.39, 0.29) is 5.41 Å². The topological polar surface area (TPSA) is 37.8 Å². The van der Waals surface area contributed by atoms with Gasteiger partial charge in [-0.2, -0.15) is 0 Å². The zero-order valence-corrected chi connectivity index (χ0v) is 13.3. The second kappa shape index (κ2) is 5.28. The van der Waals surface area contributed by atoms with Gasteiger partial charge in [-0.1, -0.05) is 45.7 Å². The van der Waals surface area contributed by atoms with Gasteiger partial charge in [0.2, 0.25) is 0 Å². The van der Waals surface area contributed by atoms with Crippen molar-refractivity contribution in [3.8, 4) is 0 Å². The Morgan fingerprint density at radius 3 is 2.58 bits per heavy atom. The fourth-order valence-electron chi connectivity index (χ4n) is 2.26. The van der Waals surface area contributed by atoms with Gasteiger partial charge in [-0.05, 0) is 25.7 Å². The molecule has 0 bridgehead atoms. The molecule has 3 nitrogen and oxygen atoms in total. The third-order valence-corrected chi connectivity index (χ3v) is 4.03. The summed E-state index contributed by atoms with van der Waals surface area (Å²) in [6.07, 6.45) is 3.79. The van der Waals surface area contributed by atoms with E-state index in [1.165, 1.54) is 19.3 Å².